The Bertz CT molecular complexity index is 241. The highest BCUT2D eigenvalue weighted by molar-refractivity contribution is 7.22. The van der Waals surface area contributed by atoms with E-state index in [2.05, 4.69) is 4.98 Å². The van der Waals surface area contributed by atoms with Gasteiger partial charge in [-0.2, -0.15) is 0 Å². The average molecular weight is 174 g/mol. The molecule has 1 aromatic rings. The molecular formula is C6H5ClNOP. The summed E-state index contributed by atoms with van der Waals surface area (Å²) >= 11 is 5.56. The lowest BCUT2D eigenvalue weighted by Gasteiger charge is -1.91. The molecule has 0 fully saturated rings. The Morgan fingerprint density at radius 2 is 2.40 bits per heavy atom. The first-order valence-corrected chi connectivity index (χ1v) is 4.11. The molecule has 0 N–H and O–H groups in total. The molecule has 0 atom stereocenters. The highest BCUT2D eigenvalue weighted by atomic mass is 35.5. The van der Waals surface area contributed by atoms with Crippen molar-refractivity contribution >= 4 is 20.1 Å². The maximum Gasteiger partial charge on any atom is 0.161 e. The van der Waals surface area contributed by atoms with Crippen LogP contribution < -0.4 is 0 Å². The molecule has 0 spiro atoms. The molecule has 1 aromatic heterocycles. The van der Waals surface area contributed by atoms with Gasteiger partial charge in [0.25, 0.3) is 0 Å². The fourth-order valence-electron chi connectivity index (χ4n) is 0.605. The fraction of sp³-hybridized carbons (Fsp3) is 0.167. The summed E-state index contributed by atoms with van der Waals surface area (Å²) in [5.74, 6) is 0. The van der Waals surface area contributed by atoms with E-state index in [-0.39, 0.29) is 8.46 Å². The Labute approximate surface area is 65.4 Å². The normalized spacial score (nSPS) is 10.1. The van der Waals surface area contributed by atoms with E-state index in [1.807, 2.05) is 0 Å². The minimum absolute atomic E-state index is 0.0764. The minimum atomic E-state index is 0.0764. The van der Waals surface area contributed by atoms with E-state index in [0.717, 1.165) is 5.69 Å². The first-order chi connectivity index (χ1) is 4.83. The predicted octanol–water partition coefficient (Wildman–Crippen LogP) is 2.53. The van der Waals surface area contributed by atoms with Gasteiger partial charge in [0.15, 0.2) is 8.46 Å². The highest BCUT2D eigenvalue weighted by Gasteiger charge is 1.93. The van der Waals surface area contributed by atoms with E-state index in [9.17, 15) is 4.57 Å². The third kappa shape index (κ3) is 2.05. The monoisotopic (exact) mass is 173 g/mol. The summed E-state index contributed by atoms with van der Waals surface area (Å²) in [6.07, 6.45) is 0.431. The lowest BCUT2D eigenvalue weighted by Crippen LogP contribution is -1.82. The molecule has 0 saturated heterocycles. The fourth-order valence-corrected chi connectivity index (χ4v) is 1.09. The van der Waals surface area contributed by atoms with Gasteiger partial charge in [0, 0.05) is 0 Å². The van der Waals surface area contributed by atoms with Crippen LogP contribution in [0.1, 0.15) is 5.69 Å². The van der Waals surface area contributed by atoms with Gasteiger partial charge in [0.2, 0.25) is 0 Å². The van der Waals surface area contributed by atoms with Crippen molar-refractivity contribution in [2.45, 2.75) is 6.16 Å². The summed E-state index contributed by atoms with van der Waals surface area (Å²) in [5.41, 5.74) is 0.754. The van der Waals surface area contributed by atoms with Crippen molar-refractivity contribution in [3.05, 3.63) is 29.0 Å². The van der Waals surface area contributed by atoms with Gasteiger partial charge >= 0.3 is 0 Å². The van der Waals surface area contributed by atoms with Crippen LogP contribution in [0.3, 0.4) is 0 Å². The predicted molar refractivity (Wildman–Crippen MR) is 40.6 cm³/mol. The topological polar surface area (TPSA) is 30.0 Å². The van der Waals surface area contributed by atoms with E-state index >= 15 is 0 Å². The van der Waals surface area contributed by atoms with Crippen LogP contribution in [0.15, 0.2) is 18.2 Å². The Morgan fingerprint density at radius 1 is 1.60 bits per heavy atom. The first-order valence-electron chi connectivity index (χ1n) is 2.73. The SMILES string of the molecule is O=PCc1cccc(Cl)n1. The summed E-state index contributed by atoms with van der Waals surface area (Å²) < 4.78 is 10.1. The summed E-state index contributed by atoms with van der Waals surface area (Å²) in [4.78, 5) is 3.92. The summed E-state index contributed by atoms with van der Waals surface area (Å²) in [7, 11) is 0.0764. The van der Waals surface area contributed by atoms with Crippen molar-refractivity contribution in [3.8, 4) is 0 Å². The molecule has 0 aromatic carbocycles. The van der Waals surface area contributed by atoms with Crippen molar-refractivity contribution in [2.75, 3.05) is 0 Å². The van der Waals surface area contributed by atoms with E-state index < -0.39 is 0 Å². The second kappa shape index (κ2) is 3.65. The molecule has 4 heteroatoms. The van der Waals surface area contributed by atoms with Crippen LogP contribution in [0.4, 0.5) is 0 Å². The molecule has 52 valence electrons. The Balaban J connectivity index is 2.84. The zero-order chi connectivity index (χ0) is 7.40. The van der Waals surface area contributed by atoms with Crippen LogP contribution in [-0.4, -0.2) is 4.98 Å². The minimum Gasteiger partial charge on any atom is -0.275 e. The molecule has 0 amide bonds. The van der Waals surface area contributed by atoms with Crippen molar-refractivity contribution < 1.29 is 4.57 Å². The second-order valence-electron chi connectivity index (χ2n) is 1.74. The quantitative estimate of drug-likeness (QED) is 0.508. The van der Waals surface area contributed by atoms with Gasteiger partial charge in [-0.15, -0.1) is 0 Å². The number of aromatic nitrogens is 1. The lowest BCUT2D eigenvalue weighted by molar-refractivity contribution is 0.598. The molecule has 0 aliphatic rings. The van der Waals surface area contributed by atoms with Gasteiger partial charge in [-0.1, -0.05) is 17.7 Å². The third-order valence-corrected chi connectivity index (χ3v) is 1.66. The van der Waals surface area contributed by atoms with Crippen molar-refractivity contribution in [2.24, 2.45) is 0 Å². The van der Waals surface area contributed by atoms with Gasteiger partial charge in [-0.25, -0.2) is 4.98 Å². The summed E-state index contributed by atoms with van der Waals surface area (Å²) in [5, 5.41) is 0.446. The molecule has 0 aliphatic heterocycles. The molecule has 1 heterocycles. The number of rotatable bonds is 2. The van der Waals surface area contributed by atoms with Crippen molar-refractivity contribution in [1.82, 2.24) is 4.98 Å². The van der Waals surface area contributed by atoms with Crippen LogP contribution in [-0.2, 0) is 10.7 Å². The van der Waals surface area contributed by atoms with Gasteiger partial charge in [0.05, 0.1) is 11.9 Å². The third-order valence-electron chi connectivity index (χ3n) is 0.999. The molecule has 0 radical (unpaired) electrons. The summed E-state index contributed by atoms with van der Waals surface area (Å²) in [6, 6.07) is 5.26. The van der Waals surface area contributed by atoms with Gasteiger partial charge in [-0.3, -0.25) is 4.57 Å². The Hall–Kier alpha value is -0.460. The van der Waals surface area contributed by atoms with Crippen molar-refractivity contribution in [1.29, 1.82) is 0 Å². The van der Waals surface area contributed by atoms with Crippen LogP contribution in [0.5, 0.6) is 0 Å². The molecule has 2 nitrogen and oxygen atoms in total. The van der Waals surface area contributed by atoms with E-state index in [0.29, 0.717) is 11.3 Å². The molecule has 0 saturated carbocycles. The zero-order valence-corrected chi connectivity index (χ0v) is 6.77. The number of nitrogens with zero attached hydrogens (tertiary/aromatic N) is 1. The molecule has 0 unspecified atom stereocenters. The van der Waals surface area contributed by atoms with Crippen LogP contribution >= 0.6 is 20.1 Å². The smallest absolute Gasteiger partial charge is 0.161 e. The van der Waals surface area contributed by atoms with Gasteiger partial charge in [0.1, 0.15) is 5.15 Å². The van der Waals surface area contributed by atoms with Gasteiger partial charge < -0.3 is 0 Å². The maximum absolute atomic E-state index is 10.1. The van der Waals surface area contributed by atoms with Crippen LogP contribution in [0.25, 0.3) is 0 Å². The molecule has 1 rings (SSSR count). The van der Waals surface area contributed by atoms with E-state index in [1.54, 1.807) is 18.2 Å². The second-order valence-corrected chi connectivity index (χ2v) is 2.70. The number of hydrogen-bond acceptors (Lipinski definition) is 2. The van der Waals surface area contributed by atoms with Crippen LogP contribution in [0, 0.1) is 0 Å². The Morgan fingerprint density at radius 3 is 3.00 bits per heavy atom. The number of pyridine rings is 1. The summed E-state index contributed by atoms with van der Waals surface area (Å²) in [6.45, 7) is 0. The first kappa shape index (κ1) is 7.64. The van der Waals surface area contributed by atoms with Gasteiger partial charge in [-0.05, 0) is 12.1 Å². The number of hydrogen-bond donors (Lipinski definition) is 0. The molecule has 0 bridgehead atoms. The molecular weight excluding hydrogens is 168 g/mol. The van der Waals surface area contributed by atoms with Crippen LogP contribution in [0.2, 0.25) is 5.15 Å². The standard InChI is InChI=1S/C6H5ClNOP/c7-6-3-1-2-5(8-6)4-10-9/h1-3H,4H2. The van der Waals surface area contributed by atoms with E-state index in [4.69, 9.17) is 11.6 Å². The zero-order valence-electron chi connectivity index (χ0n) is 5.12. The molecule has 10 heavy (non-hydrogen) atoms. The van der Waals surface area contributed by atoms with E-state index in [1.165, 1.54) is 0 Å². The maximum atomic E-state index is 10.1. The van der Waals surface area contributed by atoms with Crippen molar-refractivity contribution in [3.63, 3.8) is 0 Å². The highest BCUT2D eigenvalue weighted by Crippen LogP contribution is 2.09. The largest absolute Gasteiger partial charge is 0.275 e. The molecule has 0 aliphatic carbocycles. The Kier molecular flexibility index (Phi) is 2.79. The lowest BCUT2D eigenvalue weighted by atomic mass is 10.4. The average Bonchev–Trinajstić information content (AvgIpc) is 1.88. The number of halogens is 1.